The van der Waals surface area contributed by atoms with Crippen LogP contribution in [-0.4, -0.2) is 43.2 Å². The van der Waals surface area contributed by atoms with Crippen LogP contribution in [0.15, 0.2) is 43.0 Å². The van der Waals surface area contributed by atoms with Crippen molar-refractivity contribution in [2.75, 3.05) is 11.9 Å². The van der Waals surface area contributed by atoms with Crippen LogP contribution in [0.5, 0.6) is 0 Å². The lowest BCUT2D eigenvalue weighted by molar-refractivity contribution is 0.0520. The van der Waals surface area contributed by atoms with Crippen molar-refractivity contribution in [2.24, 2.45) is 0 Å². The molecule has 0 saturated heterocycles. The van der Waals surface area contributed by atoms with Gasteiger partial charge < -0.3 is 10.1 Å². The summed E-state index contributed by atoms with van der Waals surface area (Å²) in [6.45, 7) is 3.65. The summed E-state index contributed by atoms with van der Waals surface area (Å²) >= 11 is 0. The highest BCUT2D eigenvalue weighted by atomic mass is 16.5. The van der Waals surface area contributed by atoms with Crippen molar-refractivity contribution in [1.82, 2.24) is 24.7 Å². The molecule has 0 radical (unpaired) electrons. The van der Waals surface area contributed by atoms with Gasteiger partial charge in [-0.3, -0.25) is 9.36 Å². The van der Waals surface area contributed by atoms with E-state index in [9.17, 15) is 9.59 Å². The normalized spacial score (nSPS) is 10.4. The van der Waals surface area contributed by atoms with Crippen molar-refractivity contribution in [3.63, 3.8) is 0 Å². The third-order valence-corrected chi connectivity index (χ3v) is 3.40. The second-order valence-electron chi connectivity index (χ2n) is 5.27. The first-order valence-corrected chi connectivity index (χ1v) is 7.86. The van der Waals surface area contributed by atoms with Crippen molar-refractivity contribution in [2.45, 2.75) is 13.8 Å². The largest absolute Gasteiger partial charge is 0.461 e. The maximum atomic E-state index is 12.4. The average molecular weight is 352 g/mol. The molecule has 0 spiro atoms. The number of anilines is 1. The molecule has 3 aromatic rings. The maximum Gasteiger partial charge on any atom is 0.359 e. The molecule has 0 unspecified atom stereocenters. The first-order valence-electron chi connectivity index (χ1n) is 7.86. The van der Waals surface area contributed by atoms with E-state index in [0.717, 1.165) is 0 Å². The molecule has 0 bridgehead atoms. The summed E-state index contributed by atoms with van der Waals surface area (Å²) in [5, 5.41) is 10.5. The summed E-state index contributed by atoms with van der Waals surface area (Å²) in [5.74, 6) is -0.581. The number of nitrogens with one attached hydrogen (secondary N) is 1. The fraction of sp³-hybridized carbons (Fsp3) is 0.176. The Morgan fingerprint density at radius 2 is 2.04 bits per heavy atom. The monoisotopic (exact) mass is 352 g/mol. The zero-order chi connectivity index (χ0) is 18.5. The third-order valence-electron chi connectivity index (χ3n) is 3.40. The molecule has 0 atom stereocenters. The van der Waals surface area contributed by atoms with Crippen LogP contribution < -0.4 is 5.32 Å². The van der Waals surface area contributed by atoms with E-state index in [2.05, 4.69) is 25.5 Å². The number of ether oxygens (including phenoxy) is 1. The highest BCUT2D eigenvalue weighted by Crippen LogP contribution is 2.16. The number of carbonyl (C=O) groups is 2. The van der Waals surface area contributed by atoms with E-state index in [4.69, 9.17) is 4.74 Å². The lowest BCUT2D eigenvalue weighted by atomic mass is 10.2. The highest BCUT2D eigenvalue weighted by molar-refractivity contribution is 6.06. The van der Waals surface area contributed by atoms with E-state index in [1.54, 1.807) is 55.3 Å². The van der Waals surface area contributed by atoms with Crippen molar-refractivity contribution in [1.29, 1.82) is 0 Å². The quantitative estimate of drug-likeness (QED) is 0.697. The second kappa shape index (κ2) is 7.51. The fourth-order valence-corrected chi connectivity index (χ4v) is 2.18. The van der Waals surface area contributed by atoms with E-state index in [-0.39, 0.29) is 23.7 Å². The van der Waals surface area contributed by atoms with Crippen LogP contribution in [0.1, 0.15) is 33.6 Å². The molecule has 3 heterocycles. The number of aromatic nitrogens is 5. The van der Waals surface area contributed by atoms with Gasteiger partial charge in [0.2, 0.25) is 0 Å². The van der Waals surface area contributed by atoms with Gasteiger partial charge in [0.25, 0.3) is 5.91 Å². The summed E-state index contributed by atoms with van der Waals surface area (Å²) in [6, 6.07) is 6.46. The van der Waals surface area contributed by atoms with Crippen LogP contribution in [0.2, 0.25) is 0 Å². The fourth-order valence-electron chi connectivity index (χ4n) is 2.18. The standard InChI is InChI=1S/C17H16N6O3/c1-3-26-17(25)15-12(5-4-11(2)19-15)20-16(24)13-6-7-14(22-21-13)23-9-8-18-10-23/h4-10H,3H2,1-2H3,(H,20,24). The van der Waals surface area contributed by atoms with Crippen molar-refractivity contribution >= 4 is 17.6 Å². The Labute approximate surface area is 149 Å². The minimum atomic E-state index is -0.604. The Hall–Kier alpha value is -3.62. The first-order chi connectivity index (χ1) is 12.6. The Kier molecular flexibility index (Phi) is 4.97. The SMILES string of the molecule is CCOC(=O)c1nc(C)ccc1NC(=O)c1ccc(-n2ccnc2)nn1. The number of hydrogen-bond acceptors (Lipinski definition) is 7. The topological polar surface area (TPSA) is 112 Å². The molecule has 0 aliphatic carbocycles. The van der Waals surface area contributed by atoms with Crippen LogP contribution in [0, 0.1) is 6.92 Å². The number of carbonyl (C=O) groups excluding carboxylic acids is 2. The molecule has 1 amide bonds. The van der Waals surface area contributed by atoms with Crippen LogP contribution in [0.4, 0.5) is 5.69 Å². The first kappa shape index (κ1) is 17.2. The zero-order valence-electron chi connectivity index (χ0n) is 14.2. The number of imidazole rings is 1. The second-order valence-corrected chi connectivity index (χ2v) is 5.27. The van der Waals surface area contributed by atoms with E-state index in [1.807, 2.05) is 0 Å². The Morgan fingerprint density at radius 1 is 1.19 bits per heavy atom. The molecule has 0 fully saturated rings. The predicted octanol–water partition coefficient (Wildman–Crippen LogP) is 1.79. The third kappa shape index (κ3) is 3.72. The minimum absolute atomic E-state index is 0.0446. The van der Waals surface area contributed by atoms with E-state index in [0.29, 0.717) is 11.5 Å². The van der Waals surface area contributed by atoms with Crippen molar-refractivity contribution in [3.05, 3.63) is 60.1 Å². The molecule has 26 heavy (non-hydrogen) atoms. The summed E-state index contributed by atoms with van der Waals surface area (Å²) in [4.78, 5) is 32.5. The van der Waals surface area contributed by atoms with Gasteiger partial charge in [0.15, 0.2) is 17.2 Å². The Bertz CT molecular complexity index is 922. The predicted molar refractivity (Wildman–Crippen MR) is 92.0 cm³/mol. The minimum Gasteiger partial charge on any atom is -0.461 e. The smallest absolute Gasteiger partial charge is 0.359 e. The van der Waals surface area contributed by atoms with Gasteiger partial charge in [-0.25, -0.2) is 14.8 Å². The van der Waals surface area contributed by atoms with Crippen LogP contribution in [0.3, 0.4) is 0 Å². The van der Waals surface area contributed by atoms with Gasteiger partial charge in [0.05, 0.1) is 12.3 Å². The number of rotatable bonds is 5. The van der Waals surface area contributed by atoms with Crippen LogP contribution in [0.25, 0.3) is 5.82 Å². The molecule has 3 aromatic heterocycles. The zero-order valence-corrected chi connectivity index (χ0v) is 14.2. The number of hydrogen-bond donors (Lipinski definition) is 1. The molecular formula is C17H16N6O3. The molecule has 0 aromatic carbocycles. The van der Waals surface area contributed by atoms with Crippen LogP contribution in [-0.2, 0) is 4.74 Å². The van der Waals surface area contributed by atoms with Crippen LogP contribution >= 0.6 is 0 Å². The van der Waals surface area contributed by atoms with Gasteiger partial charge in [-0.15, -0.1) is 10.2 Å². The molecule has 3 rings (SSSR count). The number of aryl methyl sites for hydroxylation is 1. The van der Waals surface area contributed by atoms with Crippen molar-refractivity contribution in [3.8, 4) is 5.82 Å². The number of esters is 1. The maximum absolute atomic E-state index is 12.4. The van der Waals surface area contributed by atoms with E-state index >= 15 is 0 Å². The molecular weight excluding hydrogens is 336 g/mol. The van der Waals surface area contributed by atoms with Gasteiger partial charge in [-0.1, -0.05) is 0 Å². The summed E-state index contributed by atoms with van der Waals surface area (Å²) in [5.41, 5.74) is 1.03. The van der Waals surface area contributed by atoms with Gasteiger partial charge >= 0.3 is 5.97 Å². The molecule has 132 valence electrons. The lowest BCUT2D eigenvalue weighted by Crippen LogP contribution is -2.19. The Morgan fingerprint density at radius 3 is 2.69 bits per heavy atom. The van der Waals surface area contributed by atoms with Crippen molar-refractivity contribution < 1.29 is 14.3 Å². The Balaban J connectivity index is 1.81. The van der Waals surface area contributed by atoms with E-state index in [1.165, 1.54) is 6.07 Å². The lowest BCUT2D eigenvalue weighted by Gasteiger charge is -2.10. The van der Waals surface area contributed by atoms with E-state index < -0.39 is 11.9 Å². The van der Waals surface area contributed by atoms with Gasteiger partial charge in [0.1, 0.15) is 6.33 Å². The molecule has 1 N–H and O–H groups in total. The summed E-state index contributed by atoms with van der Waals surface area (Å²) in [6.07, 6.45) is 4.91. The number of pyridine rings is 1. The molecule has 0 aliphatic rings. The molecule has 0 saturated carbocycles. The molecule has 9 heteroatoms. The summed E-state index contributed by atoms with van der Waals surface area (Å²) < 4.78 is 6.64. The van der Waals surface area contributed by atoms with Gasteiger partial charge in [-0.05, 0) is 38.1 Å². The average Bonchev–Trinajstić information content (AvgIpc) is 3.18. The highest BCUT2D eigenvalue weighted by Gasteiger charge is 2.18. The number of amides is 1. The van der Waals surface area contributed by atoms with Gasteiger partial charge in [-0.2, -0.15) is 0 Å². The molecule has 0 aliphatic heterocycles. The summed E-state index contributed by atoms with van der Waals surface area (Å²) in [7, 11) is 0. The van der Waals surface area contributed by atoms with Gasteiger partial charge in [0, 0.05) is 18.1 Å². The number of nitrogens with zero attached hydrogens (tertiary/aromatic N) is 5. The molecule has 9 nitrogen and oxygen atoms in total.